The zero-order valence-electron chi connectivity index (χ0n) is 14.1. The predicted octanol–water partition coefficient (Wildman–Crippen LogP) is 1.16. The summed E-state index contributed by atoms with van der Waals surface area (Å²) in [6.45, 7) is 4.33. The molecule has 0 unspecified atom stereocenters. The van der Waals surface area contributed by atoms with E-state index in [9.17, 15) is 5.11 Å². The third-order valence-corrected chi connectivity index (χ3v) is 4.27. The number of hydrogen-bond acceptors (Lipinski definition) is 6. The molecule has 5 atom stereocenters. The minimum Gasteiger partial charge on any atom is -0.396 e. The summed E-state index contributed by atoms with van der Waals surface area (Å²) in [6.07, 6.45) is 2.50. The molecule has 0 bridgehead atoms. The molecule has 1 heterocycles. The fourth-order valence-corrected chi connectivity index (χ4v) is 3.39. The van der Waals surface area contributed by atoms with Crippen molar-refractivity contribution in [3.05, 3.63) is 12.7 Å². The second-order valence-corrected chi connectivity index (χ2v) is 5.55. The van der Waals surface area contributed by atoms with Crippen molar-refractivity contribution in [3.63, 3.8) is 0 Å². The molecule has 22 heavy (non-hydrogen) atoms. The van der Waals surface area contributed by atoms with Crippen LogP contribution in [-0.4, -0.2) is 76.8 Å². The minimum absolute atomic E-state index is 0.0962. The molecule has 6 heteroatoms. The molecular formula is C16H30O6. The second-order valence-electron chi connectivity index (χ2n) is 5.55. The van der Waals surface area contributed by atoms with Crippen LogP contribution in [0.1, 0.15) is 19.3 Å². The highest BCUT2D eigenvalue weighted by atomic mass is 16.6. The Bertz CT molecular complexity index is 324. The number of hydrogen-bond donors (Lipinski definition) is 1. The van der Waals surface area contributed by atoms with Crippen molar-refractivity contribution >= 4 is 0 Å². The van der Waals surface area contributed by atoms with Crippen LogP contribution in [0.3, 0.4) is 0 Å². The minimum atomic E-state index is -0.613. The van der Waals surface area contributed by atoms with Crippen LogP contribution in [0, 0.1) is 0 Å². The van der Waals surface area contributed by atoms with Gasteiger partial charge in [0, 0.05) is 35.0 Å². The summed E-state index contributed by atoms with van der Waals surface area (Å²) in [4.78, 5) is 0. The van der Waals surface area contributed by atoms with E-state index in [-0.39, 0.29) is 31.0 Å². The van der Waals surface area contributed by atoms with Crippen molar-refractivity contribution in [2.45, 2.75) is 49.3 Å². The molecule has 130 valence electrons. The Morgan fingerprint density at radius 1 is 1.14 bits per heavy atom. The molecule has 0 radical (unpaired) electrons. The Kier molecular flexibility index (Phi) is 8.53. The van der Waals surface area contributed by atoms with Crippen LogP contribution in [0.5, 0.6) is 0 Å². The topological polar surface area (TPSA) is 66.4 Å². The van der Waals surface area contributed by atoms with E-state index < -0.39 is 5.60 Å². The first kappa shape index (κ1) is 19.5. The zero-order chi connectivity index (χ0) is 16.6. The van der Waals surface area contributed by atoms with Gasteiger partial charge in [0.05, 0.1) is 6.61 Å². The summed E-state index contributed by atoms with van der Waals surface area (Å²) in [5.74, 6) is 0. The van der Waals surface area contributed by atoms with Gasteiger partial charge < -0.3 is 28.8 Å². The molecular weight excluding hydrogens is 288 g/mol. The van der Waals surface area contributed by atoms with Crippen LogP contribution in [0.4, 0.5) is 0 Å². The lowest BCUT2D eigenvalue weighted by Gasteiger charge is -2.52. The van der Waals surface area contributed by atoms with E-state index in [1.807, 2.05) is 6.08 Å². The predicted molar refractivity (Wildman–Crippen MR) is 83.0 cm³/mol. The molecule has 1 fully saturated rings. The summed E-state index contributed by atoms with van der Waals surface area (Å²) in [7, 11) is 6.54. The highest BCUT2D eigenvalue weighted by molar-refractivity contribution is 5.06. The Morgan fingerprint density at radius 3 is 2.27 bits per heavy atom. The monoisotopic (exact) mass is 318 g/mol. The highest BCUT2D eigenvalue weighted by Gasteiger charge is 2.54. The Balaban J connectivity index is 3.16. The SMILES string of the molecule is C=CC[C@@]1(CCCO)O[C@H](COC)[C@@H](OC)[C@H](OC)[C@@H]1OC. The maximum Gasteiger partial charge on any atom is 0.115 e. The second kappa shape index (κ2) is 9.60. The zero-order valence-corrected chi connectivity index (χ0v) is 14.1. The van der Waals surface area contributed by atoms with Gasteiger partial charge in [-0.2, -0.15) is 0 Å². The first-order valence-electron chi connectivity index (χ1n) is 7.61. The molecule has 0 amide bonds. The number of aliphatic hydroxyl groups excluding tert-OH is 1. The highest BCUT2D eigenvalue weighted by Crippen LogP contribution is 2.40. The average Bonchev–Trinajstić information content (AvgIpc) is 2.52. The van der Waals surface area contributed by atoms with Gasteiger partial charge in [0.1, 0.15) is 30.0 Å². The van der Waals surface area contributed by atoms with E-state index in [0.29, 0.717) is 25.9 Å². The van der Waals surface area contributed by atoms with Gasteiger partial charge in [-0.1, -0.05) is 6.08 Å². The smallest absolute Gasteiger partial charge is 0.115 e. The molecule has 6 nitrogen and oxygen atoms in total. The molecule has 1 aliphatic rings. The molecule has 1 saturated heterocycles. The standard InChI is InChI=1S/C16H30O6/c1-6-8-16(9-7-10-17)15(21-5)14(20-4)13(19-3)12(22-16)11-18-2/h6,12-15,17H,1,7-11H2,2-5H3/t12-,13-,14+,15+,16+/m1/s1. The van der Waals surface area contributed by atoms with Gasteiger partial charge in [0.25, 0.3) is 0 Å². The van der Waals surface area contributed by atoms with E-state index in [0.717, 1.165) is 0 Å². The fraction of sp³-hybridized carbons (Fsp3) is 0.875. The van der Waals surface area contributed by atoms with Gasteiger partial charge in [-0.25, -0.2) is 0 Å². The normalized spacial score (nSPS) is 35.5. The van der Waals surface area contributed by atoms with Crippen LogP contribution < -0.4 is 0 Å². The van der Waals surface area contributed by atoms with Crippen molar-refractivity contribution in [2.24, 2.45) is 0 Å². The fourth-order valence-electron chi connectivity index (χ4n) is 3.39. The van der Waals surface area contributed by atoms with E-state index in [1.54, 1.807) is 28.4 Å². The van der Waals surface area contributed by atoms with E-state index >= 15 is 0 Å². The molecule has 1 aliphatic heterocycles. The number of aliphatic hydroxyl groups is 1. The lowest BCUT2D eigenvalue weighted by Crippen LogP contribution is -2.66. The van der Waals surface area contributed by atoms with Gasteiger partial charge in [0.2, 0.25) is 0 Å². The van der Waals surface area contributed by atoms with Crippen molar-refractivity contribution in [1.29, 1.82) is 0 Å². The number of methoxy groups -OCH3 is 4. The van der Waals surface area contributed by atoms with Gasteiger partial charge in [0.15, 0.2) is 0 Å². The van der Waals surface area contributed by atoms with E-state index in [1.165, 1.54) is 0 Å². The molecule has 0 aromatic carbocycles. The van der Waals surface area contributed by atoms with Crippen LogP contribution in [-0.2, 0) is 23.7 Å². The molecule has 0 saturated carbocycles. The van der Waals surface area contributed by atoms with Crippen LogP contribution in [0.2, 0.25) is 0 Å². The number of rotatable bonds is 10. The van der Waals surface area contributed by atoms with E-state index in [2.05, 4.69) is 6.58 Å². The third-order valence-electron chi connectivity index (χ3n) is 4.27. The quantitative estimate of drug-likeness (QED) is 0.610. The first-order chi connectivity index (χ1) is 10.6. The Labute approximate surface area is 133 Å². The molecule has 0 aromatic rings. The number of ether oxygens (including phenoxy) is 5. The van der Waals surface area contributed by atoms with Crippen LogP contribution >= 0.6 is 0 Å². The molecule has 0 aromatic heterocycles. The molecule has 0 spiro atoms. The lowest BCUT2D eigenvalue weighted by molar-refractivity contribution is -0.291. The maximum atomic E-state index is 9.23. The van der Waals surface area contributed by atoms with Crippen molar-refractivity contribution in [3.8, 4) is 0 Å². The summed E-state index contributed by atoms with van der Waals surface area (Å²) < 4.78 is 28.6. The molecule has 1 N–H and O–H groups in total. The first-order valence-corrected chi connectivity index (χ1v) is 7.61. The van der Waals surface area contributed by atoms with Crippen LogP contribution in [0.15, 0.2) is 12.7 Å². The summed E-state index contributed by atoms with van der Waals surface area (Å²) in [5, 5.41) is 9.23. The summed E-state index contributed by atoms with van der Waals surface area (Å²) in [6, 6.07) is 0. The Hall–Kier alpha value is -0.500. The van der Waals surface area contributed by atoms with Crippen molar-refractivity contribution < 1.29 is 28.8 Å². The largest absolute Gasteiger partial charge is 0.396 e. The van der Waals surface area contributed by atoms with Crippen molar-refractivity contribution in [2.75, 3.05) is 41.7 Å². The summed E-state index contributed by atoms with van der Waals surface area (Å²) >= 11 is 0. The Morgan fingerprint density at radius 2 is 1.82 bits per heavy atom. The lowest BCUT2D eigenvalue weighted by atomic mass is 9.79. The van der Waals surface area contributed by atoms with Crippen molar-refractivity contribution in [1.82, 2.24) is 0 Å². The maximum absolute atomic E-state index is 9.23. The van der Waals surface area contributed by atoms with Gasteiger partial charge in [-0.3, -0.25) is 0 Å². The molecule has 1 rings (SSSR count). The summed E-state index contributed by atoms with van der Waals surface area (Å²) in [5.41, 5.74) is -0.613. The molecule has 0 aliphatic carbocycles. The van der Waals surface area contributed by atoms with Gasteiger partial charge >= 0.3 is 0 Å². The van der Waals surface area contributed by atoms with Gasteiger partial charge in [-0.05, 0) is 19.3 Å². The average molecular weight is 318 g/mol. The third kappa shape index (κ3) is 4.07. The van der Waals surface area contributed by atoms with Crippen LogP contribution in [0.25, 0.3) is 0 Å². The van der Waals surface area contributed by atoms with Gasteiger partial charge in [-0.15, -0.1) is 6.58 Å². The van der Waals surface area contributed by atoms with E-state index in [4.69, 9.17) is 23.7 Å².